The Hall–Kier alpha value is -2.16. The predicted molar refractivity (Wildman–Crippen MR) is 62.3 cm³/mol. The zero-order chi connectivity index (χ0) is 12.3. The van der Waals surface area contributed by atoms with Crippen LogP contribution in [0.1, 0.15) is 17.3 Å². The predicted octanol–water partition coefficient (Wildman–Crippen LogP) is 0.736. The van der Waals surface area contributed by atoms with E-state index in [0.29, 0.717) is 5.56 Å². The molecule has 1 aromatic heterocycles. The summed E-state index contributed by atoms with van der Waals surface area (Å²) in [6.07, 6.45) is 3.26. The molecule has 2 aromatic rings. The van der Waals surface area contributed by atoms with Gasteiger partial charge in [-0.05, 0) is 24.3 Å². The van der Waals surface area contributed by atoms with E-state index in [2.05, 4.69) is 11.1 Å². The third kappa shape index (κ3) is 2.18. The number of imidazole rings is 1. The summed E-state index contributed by atoms with van der Waals surface area (Å²) in [7, 11) is 0. The number of nitrogens with zero attached hydrogens (tertiary/aromatic N) is 3. The SMILES string of the molecule is N#Cc1ccc(-n2cncc2C(N)CO)cc1. The second-order valence-corrected chi connectivity index (χ2v) is 3.64. The Morgan fingerprint density at radius 1 is 1.41 bits per heavy atom. The molecule has 17 heavy (non-hydrogen) atoms. The summed E-state index contributed by atoms with van der Waals surface area (Å²) in [5, 5.41) is 17.8. The molecule has 1 atom stereocenters. The Labute approximate surface area is 98.7 Å². The number of aliphatic hydroxyl groups excluding tert-OH is 1. The molecule has 0 spiro atoms. The Morgan fingerprint density at radius 2 is 2.12 bits per heavy atom. The molecule has 1 heterocycles. The van der Waals surface area contributed by atoms with Crippen molar-refractivity contribution >= 4 is 0 Å². The van der Waals surface area contributed by atoms with Gasteiger partial charge in [0, 0.05) is 5.69 Å². The van der Waals surface area contributed by atoms with Gasteiger partial charge in [0.05, 0.1) is 42.5 Å². The van der Waals surface area contributed by atoms with Crippen LogP contribution in [-0.2, 0) is 0 Å². The molecule has 2 rings (SSSR count). The van der Waals surface area contributed by atoms with Gasteiger partial charge in [-0.2, -0.15) is 5.26 Å². The van der Waals surface area contributed by atoms with Gasteiger partial charge in [0.25, 0.3) is 0 Å². The highest BCUT2D eigenvalue weighted by Crippen LogP contribution is 2.16. The van der Waals surface area contributed by atoms with E-state index in [9.17, 15) is 0 Å². The third-order valence-electron chi connectivity index (χ3n) is 2.52. The molecule has 0 aliphatic heterocycles. The van der Waals surface area contributed by atoms with Crippen molar-refractivity contribution in [2.75, 3.05) is 6.61 Å². The summed E-state index contributed by atoms with van der Waals surface area (Å²) in [4.78, 5) is 4.02. The highest BCUT2D eigenvalue weighted by atomic mass is 16.3. The summed E-state index contributed by atoms with van der Waals surface area (Å²) in [5.74, 6) is 0. The van der Waals surface area contributed by atoms with Crippen LogP contribution in [0.2, 0.25) is 0 Å². The molecule has 0 radical (unpaired) electrons. The van der Waals surface area contributed by atoms with Gasteiger partial charge in [-0.1, -0.05) is 0 Å². The van der Waals surface area contributed by atoms with Crippen molar-refractivity contribution in [1.29, 1.82) is 5.26 Å². The van der Waals surface area contributed by atoms with Gasteiger partial charge in [0.2, 0.25) is 0 Å². The van der Waals surface area contributed by atoms with Gasteiger partial charge in [-0.15, -0.1) is 0 Å². The van der Waals surface area contributed by atoms with Gasteiger partial charge in [0.15, 0.2) is 0 Å². The van der Waals surface area contributed by atoms with Gasteiger partial charge in [0.1, 0.15) is 0 Å². The lowest BCUT2D eigenvalue weighted by Crippen LogP contribution is -2.18. The summed E-state index contributed by atoms with van der Waals surface area (Å²) in [6, 6.07) is 8.67. The molecule has 3 N–H and O–H groups in total. The molecule has 86 valence electrons. The van der Waals surface area contributed by atoms with Gasteiger partial charge in [-0.25, -0.2) is 4.98 Å². The second kappa shape index (κ2) is 4.78. The molecular formula is C12H12N4O. The third-order valence-corrected chi connectivity index (χ3v) is 2.52. The van der Waals surface area contributed by atoms with Crippen molar-refractivity contribution in [1.82, 2.24) is 9.55 Å². The average Bonchev–Trinajstić information content (AvgIpc) is 2.87. The minimum atomic E-state index is -0.465. The first-order valence-electron chi connectivity index (χ1n) is 5.15. The Bertz CT molecular complexity index is 538. The molecule has 0 amide bonds. The molecule has 0 bridgehead atoms. The van der Waals surface area contributed by atoms with Gasteiger partial charge < -0.3 is 15.4 Å². The van der Waals surface area contributed by atoms with E-state index >= 15 is 0 Å². The molecule has 1 unspecified atom stereocenters. The second-order valence-electron chi connectivity index (χ2n) is 3.64. The molecular weight excluding hydrogens is 216 g/mol. The van der Waals surface area contributed by atoms with Crippen LogP contribution >= 0.6 is 0 Å². The minimum absolute atomic E-state index is 0.137. The fourth-order valence-corrected chi connectivity index (χ4v) is 1.59. The number of hydrogen-bond acceptors (Lipinski definition) is 4. The summed E-state index contributed by atoms with van der Waals surface area (Å²) >= 11 is 0. The molecule has 0 saturated heterocycles. The Balaban J connectivity index is 2.40. The highest BCUT2D eigenvalue weighted by molar-refractivity contribution is 5.40. The van der Waals surface area contributed by atoms with E-state index in [1.54, 1.807) is 29.2 Å². The highest BCUT2D eigenvalue weighted by Gasteiger charge is 2.11. The maximum absolute atomic E-state index is 9.05. The number of nitriles is 1. The summed E-state index contributed by atoms with van der Waals surface area (Å²) < 4.78 is 1.79. The van der Waals surface area contributed by atoms with Crippen LogP contribution in [0.5, 0.6) is 0 Å². The topological polar surface area (TPSA) is 87.9 Å². The lowest BCUT2D eigenvalue weighted by Gasteiger charge is -2.12. The van der Waals surface area contributed by atoms with Crippen molar-refractivity contribution in [3.63, 3.8) is 0 Å². The number of hydrogen-bond donors (Lipinski definition) is 2. The Kier molecular flexibility index (Phi) is 3.19. The van der Waals surface area contributed by atoms with Crippen LogP contribution in [0.15, 0.2) is 36.8 Å². The van der Waals surface area contributed by atoms with Gasteiger partial charge in [-0.3, -0.25) is 0 Å². The zero-order valence-corrected chi connectivity index (χ0v) is 9.11. The largest absolute Gasteiger partial charge is 0.394 e. The number of aromatic nitrogens is 2. The standard InChI is InChI=1S/C12H12N4O/c13-5-9-1-3-10(4-2-9)16-8-15-6-12(16)11(14)7-17/h1-4,6,8,11,17H,7,14H2. The van der Waals surface area contributed by atoms with Crippen molar-refractivity contribution in [2.45, 2.75) is 6.04 Å². The normalized spacial score (nSPS) is 12.1. The first kappa shape index (κ1) is 11.3. The van der Waals surface area contributed by atoms with Crippen molar-refractivity contribution in [3.8, 4) is 11.8 Å². The van der Waals surface area contributed by atoms with Crippen LogP contribution in [0.25, 0.3) is 5.69 Å². The first-order chi connectivity index (χ1) is 8.26. The van der Waals surface area contributed by atoms with Crippen molar-refractivity contribution in [2.24, 2.45) is 5.73 Å². The monoisotopic (exact) mass is 228 g/mol. The lowest BCUT2D eigenvalue weighted by molar-refractivity contribution is 0.265. The fraction of sp³-hybridized carbons (Fsp3) is 0.167. The minimum Gasteiger partial charge on any atom is -0.394 e. The quantitative estimate of drug-likeness (QED) is 0.810. The van der Waals surface area contributed by atoms with E-state index in [4.69, 9.17) is 16.1 Å². The number of nitrogens with two attached hydrogens (primary N) is 1. The van der Waals surface area contributed by atoms with Crippen LogP contribution < -0.4 is 5.73 Å². The van der Waals surface area contributed by atoms with E-state index in [1.807, 2.05) is 12.1 Å². The van der Waals surface area contributed by atoms with Gasteiger partial charge >= 0.3 is 0 Å². The zero-order valence-electron chi connectivity index (χ0n) is 9.11. The molecule has 0 saturated carbocycles. The van der Waals surface area contributed by atoms with E-state index in [1.165, 1.54) is 0 Å². The maximum atomic E-state index is 9.05. The summed E-state index contributed by atoms with van der Waals surface area (Å²) in [5.41, 5.74) is 7.96. The van der Waals surface area contributed by atoms with E-state index < -0.39 is 6.04 Å². The van der Waals surface area contributed by atoms with Crippen molar-refractivity contribution < 1.29 is 5.11 Å². The Morgan fingerprint density at radius 3 is 2.71 bits per heavy atom. The first-order valence-corrected chi connectivity index (χ1v) is 5.15. The lowest BCUT2D eigenvalue weighted by atomic mass is 10.2. The molecule has 1 aromatic carbocycles. The van der Waals surface area contributed by atoms with Crippen LogP contribution in [-0.4, -0.2) is 21.3 Å². The molecule has 5 nitrogen and oxygen atoms in total. The fourth-order valence-electron chi connectivity index (χ4n) is 1.59. The number of benzene rings is 1. The van der Waals surface area contributed by atoms with Crippen LogP contribution in [0, 0.1) is 11.3 Å². The molecule has 0 aliphatic carbocycles. The van der Waals surface area contributed by atoms with E-state index in [0.717, 1.165) is 11.4 Å². The molecule has 0 fully saturated rings. The smallest absolute Gasteiger partial charge is 0.0994 e. The average molecular weight is 228 g/mol. The van der Waals surface area contributed by atoms with Crippen LogP contribution in [0.4, 0.5) is 0 Å². The summed E-state index contributed by atoms with van der Waals surface area (Å²) in [6.45, 7) is -0.137. The number of rotatable bonds is 3. The van der Waals surface area contributed by atoms with Crippen molar-refractivity contribution in [3.05, 3.63) is 48.0 Å². The van der Waals surface area contributed by atoms with E-state index in [-0.39, 0.29) is 6.61 Å². The molecule has 0 aliphatic rings. The molecule has 5 heteroatoms. The number of aliphatic hydroxyl groups is 1. The van der Waals surface area contributed by atoms with Crippen LogP contribution in [0.3, 0.4) is 0 Å². The maximum Gasteiger partial charge on any atom is 0.0994 e.